The number of nitrogens with zero attached hydrogens (tertiary/aromatic N) is 2. The summed E-state index contributed by atoms with van der Waals surface area (Å²) < 4.78 is 5.94. The maximum Gasteiger partial charge on any atom is 0.242 e. The Bertz CT molecular complexity index is 814. The Morgan fingerprint density at radius 2 is 2.11 bits per heavy atom. The highest BCUT2D eigenvalue weighted by molar-refractivity contribution is 5.83. The van der Waals surface area contributed by atoms with Gasteiger partial charge in [0.05, 0.1) is 0 Å². The summed E-state index contributed by atoms with van der Waals surface area (Å²) in [4.78, 5) is 19.5. The minimum atomic E-state index is -0.266. The number of nitrogens with one attached hydrogen (secondary N) is 1. The number of amides is 1. The largest absolute Gasteiger partial charge is 0.487 e. The molecule has 1 N–H and O–H groups in total. The van der Waals surface area contributed by atoms with Crippen LogP contribution >= 0.6 is 0 Å². The van der Waals surface area contributed by atoms with Gasteiger partial charge in [0.15, 0.2) is 0 Å². The predicted octanol–water partition coefficient (Wildman–Crippen LogP) is 3.25. The van der Waals surface area contributed by atoms with Gasteiger partial charge in [-0.3, -0.25) is 14.7 Å². The van der Waals surface area contributed by atoms with Gasteiger partial charge in [0.1, 0.15) is 17.4 Å². The standard InChI is InChI=1S/C22H27N3O2/c1-22(2)13-18-12-16(7-8-19(18)27-22)14-24-21(26)20(25-10-3-4-11-25)17-6-5-9-23-15-17/h5-9,12,15,20H,3-4,10-11,13-14H2,1-2H3,(H,24,26). The molecule has 2 aliphatic heterocycles. The predicted molar refractivity (Wildman–Crippen MR) is 104 cm³/mol. The van der Waals surface area contributed by atoms with Gasteiger partial charge in [-0.15, -0.1) is 0 Å². The zero-order chi connectivity index (χ0) is 18.9. The van der Waals surface area contributed by atoms with Crippen LogP contribution < -0.4 is 10.1 Å². The van der Waals surface area contributed by atoms with E-state index >= 15 is 0 Å². The fourth-order valence-corrected chi connectivity index (χ4v) is 4.12. The van der Waals surface area contributed by atoms with Gasteiger partial charge in [0, 0.05) is 25.4 Å². The van der Waals surface area contributed by atoms with E-state index in [1.165, 1.54) is 5.56 Å². The Labute approximate surface area is 160 Å². The lowest BCUT2D eigenvalue weighted by Crippen LogP contribution is -2.39. The molecule has 1 amide bonds. The van der Waals surface area contributed by atoms with E-state index in [9.17, 15) is 4.79 Å². The lowest BCUT2D eigenvalue weighted by Gasteiger charge is -2.26. The van der Waals surface area contributed by atoms with Crippen LogP contribution in [0.1, 0.15) is 49.4 Å². The topological polar surface area (TPSA) is 54.5 Å². The molecule has 3 heterocycles. The second-order valence-corrected chi connectivity index (χ2v) is 8.13. The van der Waals surface area contributed by atoms with Gasteiger partial charge < -0.3 is 10.1 Å². The molecule has 0 saturated carbocycles. The highest BCUT2D eigenvalue weighted by atomic mass is 16.5. The van der Waals surface area contributed by atoms with Crippen LogP contribution in [-0.4, -0.2) is 34.5 Å². The van der Waals surface area contributed by atoms with Gasteiger partial charge in [-0.1, -0.05) is 18.2 Å². The molecule has 0 radical (unpaired) electrons. The van der Waals surface area contributed by atoms with Gasteiger partial charge in [-0.25, -0.2) is 0 Å². The first kappa shape index (κ1) is 18.0. The number of fused-ring (bicyclic) bond motifs is 1. The first-order valence-corrected chi connectivity index (χ1v) is 9.74. The molecule has 1 unspecified atom stereocenters. The Morgan fingerprint density at radius 1 is 1.30 bits per heavy atom. The van der Waals surface area contributed by atoms with E-state index in [-0.39, 0.29) is 17.6 Å². The van der Waals surface area contributed by atoms with Crippen LogP contribution in [0.5, 0.6) is 5.75 Å². The number of aromatic nitrogens is 1. The molecule has 4 rings (SSSR count). The number of rotatable bonds is 5. The van der Waals surface area contributed by atoms with Gasteiger partial charge >= 0.3 is 0 Å². The first-order chi connectivity index (χ1) is 13.0. The van der Waals surface area contributed by atoms with Crippen molar-refractivity contribution in [3.05, 3.63) is 59.4 Å². The summed E-state index contributed by atoms with van der Waals surface area (Å²) in [5.74, 6) is 1.00. The summed E-state index contributed by atoms with van der Waals surface area (Å²) in [6.45, 7) is 6.64. The minimum Gasteiger partial charge on any atom is -0.487 e. The Balaban J connectivity index is 1.46. The number of carbonyl (C=O) groups is 1. The summed E-state index contributed by atoms with van der Waals surface area (Å²) in [5, 5.41) is 3.14. The number of ether oxygens (including phenoxy) is 1. The average Bonchev–Trinajstić information content (AvgIpc) is 3.27. The molecule has 5 heteroatoms. The monoisotopic (exact) mass is 365 g/mol. The van der Waals surface area contributed by atoms with E-state index in [0.717, 1.165) is 49.2 Å². The second kappa shape index (κ2) is 7.31. The second-order valence-electron chi connectivity index (χ2n) is 8.13. The Kier molecular flexibility index (Phi) is 4.87. The molecule has 2 aromatic rings. The van der Waals surface area contributed by atoms with Crippen LogP contribution in [0.2, 0.25) is 0 Å². The van der Waals surface area contributed by atoms with E-state index in [0.29, 0.717) is 6.54 Å². The SMILES string of the molecule is CC1(C)Cc2cc(CNC(=O)C(c3cccnc3)N3CCCC3)ccc2O1. The zero-order valence-corrected chi connectivity index (χ0v) is 16.1. The number of hydrogen-bond donors (Lipinski definition) is 1. The van der Waals surface area contributed by atoms with Crippen molar-refractivity contribution >= 4 is 5.91 Å². The molecule has 5 nitrogen and oxygen atoms in total. The van der Waals surface area contributed by atoms with Gasteiger partial charge in [-0.2, -0.15) is 0 Å². The molecular formula is C22H27N3O2. The number of hydrogen-bond acceptors (Lipinski definition) is 4. The smallest absolute Gasteiger partial charge is 0.242 e. The molecule has 0 bridgehead atoms. The van der Waals surface area contributed by atoms with Crippen LogP contribution in [0.3, 0.4) is 0 Å². The quantitative estimate of drug-likeness (QED) is 0.884. The van der Waals surface area contributed by atoms with Gasteiger partial charge in [0.2, 0.25) is 5.91 Å². The van der Waals surface area contributed by atoms with Crippen LogP contribution in [0.4, 0.5) is 0 Å². The van der Waals surface area contributed by atoms with E-state index in [2.05, 4.69) is 35.1 Å². The number of likely N-dealkylation sites (tertiary alicyclic amines) is 1. The molecule has 0 spiro atoms. The maximum absolute atomic E-state index is 13.0. The highest BCUT2D eigenvalue weighted by Crippen LogP contribution is 2.35. The van der Waals surface area contributed by atoms with Crippen LogP contribution in [-0.2, 0) is 17.8 Å². The zero-order valence-electron chi connectivity index (χ0n) is 16.1. The molecule has 2 aliphatic rings. The summed E-state index contributed by atoms with van der Waals surface area (Å²) in [5.41, 5.74) is 3.14. The summed E-state index contributed by atoms with van der Waals surface area (Å²) in [6, 6.07) is 9.83. The van der Waals surface area contributed by atoms with Crippen LogP contribution in [0.25, 0.3) is 0 Å². The molecule has 1 saturated heterocycles. The van der Waals surface area contributed by atoms with Crippen molar-refractivity contribution in [2.24, 2.45) is 0 Å². The third-order valence-corrected chi connectivity index (χ3v) is 5.35. The van der Waals surface area contributed by atoms with Gasteiger partial charge in [-0.05, 0) is 68.6 Å². The van der Waals surface area contributed by atoms with E-state index in [4.69, 9.17) is 4.74 Å². The third-order valence-electron chi connectivity index (χ3n) is 5.35. The average molecular weight is 365 g/mol. The summed E-state index contributed by atoms with van der Waals surface area (Å²) in [6.07, 6.45) is 6.74. The lowest BCUT2D eigenvalue weighted by molar-refractivity contribution is -0.126. The van der Waals surface area contributed by atoms with E-state index in [1.807, 2.05) is 24.3 Å². The van der Waals surface area contributed by atoms with Crippen molar-refractivity contribution in [3.8, 4) is 5.75 Å². The van der Waals surface area contributed by atoms with Gasteiger partial charge in [0.25, 0.3) is 0 Å². The molecule has 0 aliphatic carbocycles. The van der Waals surface area contributed by atoms with E-state index < -0.39 is 0 Å². The third kappa shape index (κ3) is 3.98. The fraction of sp³-hybridized carbons (Fsp3) is 0.455. The Hall–Kier alpha value is -2.40. The Morgan fingerprint density at radius 3 is 2.85 bits per heavy atom. The van der Waals surface area contributed by atoms with Crippen molar-refractivity contribution in [2.75, 3.05) is 13.1 Å². The summed E-state index contributed by atoms with van der Waals surface area (Å²) >= 11 is 0. The maximum atomic E-state index is 13.0. The molecule has 1 aromatic carbocycles. The van der Waals surface area contributed by atoms with Crippen LogP contribution in [0, 0.1) is 0 Å². The fourth-order valence-electron chi connectivity index (χ4n) is 4.12. The van der Waals surface area contributed by atoms with Crippen molar-refractivity contribution in [2.45, 2.75) is 51.3 Å². The first-order valence-electron chi connectivity index (χ1n) is 9.74. The molecule has 1 fully saturated rings. The molecule has 1 atom stereocenters. The number of pyridine rings is 1. The lowest BCUT2D eigenvalue weighted by atomic mass is 10.00. The molecule has 142 valence electrons. The summed E-state index contributed by atoms with van der Waals surface area (Å²) in [7, 11) is 0. The van der Waals surface area contributed by atoms with Crippen molar-refractivity contribution in [3.63, 3.8) is 0 Å². The molecular weight excluding hydrogens is 338 g/mol. The number of carbonyl (C=O) groups excluding carboxylic acids is 1. The van der Waals surface area contributed by atoms with Crippen LogP contribution in [0.15, 0.2) is 42.7 Å². The van der Waals surface area contributed by atoms with E-state index in [1.54, 1.807) is 12.4 Å². The van der Waals surface area contributed by atoms with Crippen molar-refractivity contribution in [1.29, 1.82) is 0 Å². The van der Waals surface area contributed by atoms with Crippen molar-refractivity contribution < 1.29 is 9.53 Å². The molecule has 27 heavy (non-hydrogen) atoms. The normalized spacial score (nSPS) is 19.3. The number of benzene rings is 1. The molecule has 1 aromatic heterocycles. The minimum absolute atomic E-state index is 0.0435. The van der Waals surface area contributed by atoms with Crippen molar-refractivity contribution in [1.82, 2.24) is 15.2 Å². The highest BCUT2D eigenvalue weighted by Gasteiger charge is 2.31.